The number of fused-ring (bicyclic) bond motifs is 6. The van der Waals surface area contributed by atoms with Crippen LogP contribution < -0.4 is 0 Å². The first kappa shape index (κ1) is 26.4. The van der Waals surface area contributed by atoms with Gasteiger partial charge < -0.3 is 4.57 Å². The molecule has 0 unspecified atom stereocenters. The molecule has 0 N–H and O–H groups in total. The minimum Gasteiger partial charge on any atom is -0.309 e. The van der Waals surface area contributed by atoms with Crippen LogP contribution in [0.4, 0.5) is 0 Å². The topological polar surface area (TPSA) is 17.8 Å². The van der Waals surface area contributed by atoms with Crippen molar-refractivity contribution in [3.8, 4) is 39.2 Å². The molecule has 2 heteroatoms. The molecular weight excluding hydrogens is 556 g/mol. The maximum atomic E-state index is 4.82. The van der Waals surface area contributed by atoms with Crippen molar-refractivity contribution in [2.45, 2.75) is 6.92 Å². The second-order valence-electron chi connectivity index (χ2n) is 12.1. The minimum atomic E-state index is 0.992. The summed E-state index contributed by atoms with van der Waals surface area (Å²) in [5.74, 6) is 0. The Labute approximate surface area is 267 Å². The third kappa shape index (κ3) is 4.30. The van der Waals surface area contributed by atoms with E-state index < -0.39 is 0 Å². The maximum Gasteiger partial charge on any atom is 0.0705 e. The predicted octanol–water partition coefficient (Wildman–Crippen LogP) is 11.8. The van der Waals surface area contributed by atoms with Gasteiger partial charge >= 0.3 is 0 Å². The molecule has 0 atom stereocenters. The van der Waals surface area contributed by atoms with Gasteiger partial charge in [0.1, 0.15) is 0 Å². The lowest BCUT2D eigenvalue weighted by molar-refractivity contribution is 1.18. The average Bonchev–Trinajstić information content (AvgIpc) is 3.45. The third-order valence-corrected chi connectivity index (χ3v) is 9.23. The number of benzene rings is 7. The van der Waals surface area contributed by atoms with Crippen molar-refractivity contribution in [1.29, 1.82) is 0 Å². The zero-order valence-corrected chi connectivity index (χ0v) is 25.5. The van der Waals surface area contributed by atoms with Gasteiger partial charge in [-0.25, -0.2) is 0 Å². The van der Waals surface area contributed by atoms with E-state index in [2.05, 4.69) is 162 Å². The fraction of sp³-hybridized carbons (Fsp3) is 0.0227. The number of pyridine rings is 1. The molecule has 0 bridgehead atoms. The van der Waals surface area contributed by atoms with Crippen LogP contribution in [0.5, 0.6) is 0 Å². The van der Waals surface area contributed by atoms with Gasteiger partial charge in [-0.05, 0) is 99.3 Å². The van der Waals surface area contributed by atoms with Gasteiger partial charge in [-0.3, -0.25) is 4.98 Å². The Balaban J connectivity index is 1.34. The number of rotatable bonds is 4. The van der Waals surface area contributed by atoms with Gasteiger partial charge in [0, 0.05) is 27.7 Å². The van der Waals surface area contributed by atoms with Crippen molar-refractivity contribution in [1.82, 2.24) is 9.55 Å². The number of hydrogen-bond donors (Lipinski definition) is 0. The lowest BCUT2D eigenvalue weighted by atomic mass is 9.93. The molecule has 7 aromatic carbocycles. The smallest absolute Gasteiger partial charge is 0.0705 e. The molecule has 2 nitrogen and oxygen atoms in total. The zero-order valence-electron chi connectivity index (χ0n) is 25.5. The van der Waals surface area contributed by atoms with Crippen LogP contribution in [0.3, 0.4) is 0 Å². The van der Waals surface area contributed by atoms with Gasteiger partial charge in [0.2, 0.25) is 0 Å². The standard InChI is InChI=1S/C44H30N2/c1-29-11-9-20-41(45-29)35-15-10-14-34(26-35)40-28-43-44(38-19-8-7-18-37(38)40)39-24-23-33(27-42(39)46(43)36-16-3-2-4-17-36)32-22-21-30-12-5-6-13-31(30)25-32/h2-28H,1H3. The van der Waals surface area contributed by atoms with Gasteiger partial charge in [-0.2, -0.15) is 0 Å². The molecule has 9 aromatic rings. The van der Waals surface area contributed by atoms with Crippen molar-refractivity contribution in [2.75, 3.05) is 0 Å². The van der Waals surface area contributed by atoms with Gasteiger partial charge in [-0.1, -0.05) is 115 Å². The average molecular weight is 587 g/mol. The van der Waals surface area contributed by atoms with Crippen LogP contribution in [0, 0.1) is 6.92 Å². The molecule has 0 aliphatic heterocycles. The van der Waals surface area contributed by atoms with Crippen molar-refractivity contribution in [3.63, 3.8) is 0 Å². The lowest BCUT2D eigenvalue weighted by Gasteiger charge is -2.13. The minimum absolute atomic E-state index is 0.992. The molecule has 0 aliphatic rings. The van der Waals surface area contributed by atoms with Gasteiger partial charge in [0.25, 0.3) is 0 Å². The molecule has 46 heavy (non-hydrogen) atoms. The van der Waals surface area contributed by atoms with E-state index in [1.54, 1.807) is 0 Å². The fourth-order valence-corrected chi connectivity index (χ4v) is 7.07. The molecule has 0 saturated heterocycles. The molecule has 0 fully saturated rings. The SMILES string of the molecule is Cc1cccc(-c2cccc(-c3cc4c(c5ccccc35)c3ccc(-c5ccc6ccccc6c5)cc3n4-c3ccccc3)c2)n1. The summed E-state index contributed by atoms with van der Waals surface area (Å²) in [5, 5.41) is 7.54. The highest BCUT2D eigenvalue weighted by Gasteiger charge is 2.19. The Bertz CT molecular complexity index is 2590. The van der Waals surface area contributed by atoms with Crippen LogP contribution in [-0.2, 0) is 0 Å². The highest BCUT2D eigenvalue weighted by molar-refractivity contribution is 6.24. The highest BCUT2D eigenvalue weighted by Crippen LogP contribution is 2.43. The Morgan fingerprint density at radius 1 is 0.435 bits per heavy atom. The summed E-state index contributed by atoms with van der Waals surface area (Å²) < 4.78 is 2.44. The van der Waals surface area contributed by atoms with Crippen LogP contribution in [-0.4, -0.2) is 9.55 Å². The van der Waals surface area contributed by atoms with Crippen molar-refractivity contribution in [3.05, 3.63) is 169 Å². The van der Waals surface area contributed by atoms with Crippen LogP contribution in [0.25, 0.3) is 82.5 Å². The van der Waals surface area contributed by atoms with E-state index in [0.717, 1.165) is 22.6 Å². The molecule has 2 aromatic heterocycles. The Morgan fingerprint density at radius 3 is 2.02 bits per heavy atom. The van der Waals surface area contributed by atoms with E-state index in [4.69, 9.17) is 4.98 Å². The Morgan fingerprint density at radius 2 is 1.15 bits per heavy atom. The molecule has 9 rings (SSSR count). The number of nitrogens with zero attached hydrogens (tertiary/aromatic N) is 2. The molecule has 0 spiro atoms. The van der Waals surface area contributed by atoms with Gasteiger partial charge in [-0.15, -0.1) is 0 Å². The summed E-state index contributed by atoms with van der Waals surface area (Å²) in [6, 6.07) is 59.3. The van der Waals surface area contributed by atoms with Crippen LogP contribution in [0.1, 0.15) is 5.69 Å². The molecule has 0 saturated carbocycles. The largest absolute Gasteiger partial charge is 0.309 e. The summed E-state index contributed by atoms with van der Waals surface area (Å²) in [4.78, 5) is 4.82. The molecule has 0 amide bonds. The van der Waals surface area contributed by atoms with Crippen LogP contribution >= 0.6 is 0 Å². The van der Waals surface area contributed by atoms with Crippen molar-refractivity contribution < 1.29 is 0 Å². The molecular formula is C44H30N2. The van der Waals surface area contributed by atoms with Crippen LogP contribution in [0.2, 0.25) is 0 Å². The maximum absolute atomic E-state index is 4.82. The monoisotopic (exact) mass is 586 g/mol. The van der Waals surface area contributed by atoms with Crippen LogP contribution in [0.15, 0.2) is 164 Å². The van der Waals surface area contributed by atoms with Gasteiger partial charge in [0.05, 0.1) is 16.7 Å². The molecule has 216 valence electrons. The number of aromatic nitrogens is 2. The summed E-state index contributed by atoms with van der Waals surface area (Å²) in [5.41, 5.74) is 11.5. The second kappa shape index (κ2) is 10.6. The molecule has 0 aliphatic carbocycles. The van der Waals surface area contributed by atoms with E-state index in [1.807, 2.05) is 13.0 Å². The Kier molecular flexibility index (Phi) is 6.07. The summed E-state index contributed by atoms with van der Waals surface area (Å²) in [7, 11) is 0. The zero-order chi connectivity index (χ0) is 30.6. The Hall–Kier alpha value is -5.99. The molecule has 2 heterocycles. The summed E-state index contributed by atoms with van der Waals surface area (Å²) >= 11 is 0. The van der Waals surface area contributed by atoms with E-state index in [1.165, 1.54) is 65.6 Å². The molecule has 0 radical (unpaired) electrons. The normalized spacial score (nSPS) is 11.6. The van der Waals surface area contributed by atoms with E-state index in [0.29, 0.717) is 0 Å². The quantitative estimate of drug-likeness (QED) is 0.201. The van der Waals surface area contributed by atoms with Gasteiger partial charge in [0.15, 0.2) is 0 Å². The highest BCUT2D eigenvalue weighted by atomic mass is 15.0. The summed E-state index contributed by atoms with van der Waals surface area (Å²) in [6.07, 6.45) is 0. The number of para-hydroxylation sites is 1. The first-order valence-corrected chi connectivity index (χ1v) is 15.8. The van der Waals surface area contributed by atoms with E-state index in [-0.39, 0.29) is 0 Å². The number of hydrogen-bond acceptors (Lipinski definition) is 1. The summed E-state index contributed by atoms with van der Waals surface area (Å²) in [6.45, 7) is 2.04. The van der Waals surface area contributed by atoms with Crippen molar-refractivity contribution >= 4 is 43.4 Å². The third-order valence-electron chi connectivity index (χ3n) is 9.23. The van der Waals surface area contributed by atoms with E-state index >= 15 is 0 Å². The first-order chi connectivity index (χ1) is 22.7. The first-order valence-electron chi connectivity index (χ1n) is 15.8. The number of aryl methyl sites for hydroxylation is 1. The van der Waals surface area contributed by atoms with Crippen molar-refractivity contribution in [2.24, 2.45) is 0 Å². The second-order valence-corrected chi connectivity index (χ2v) is 12.1. The predicted molar refractivity (Wildman–Crippen MR) is 195 cm³/mol. The lowest BCUT2D eigenvalue weighted by Crippen LogP contribution is -1.94. The fourth-order valence-electron chi connectivity index (χ4n) is 7.07. The van der Waals surface area contributed by atoms with E-state index in [9.17, 15) is 0 Å².